The summed E-state index contributed by atoms with van der Waals surface area (Å²) >= 11 is 1.54. The number of hydrogen-bond donors (Lipinski definition) is 1. The van der Waals surface area contributed by atoms with E-state index in [0.29, 0.717) is 27.1 Å². The van der Waals surface area contributed by atoms with Crippen LogP contribution in [0, 0.1) is 23.1 Å². The molecule has 3 atom stereocenters. The van der Waals surface area contributed by atoms with Crippen LogP contribution in [0.2, 0.25) is 0 Å². The number of nitriles is 1. The van der Waals surface area contributed by atoms with Gasteiger partial charge in [0.05, 0.1) is 17.3 Å². The first kappa shape index (κ1) is 16.7. The van der Waals surface area contributed by atoms with Crippen molar-refractivity contribution in [1.29, 1.82) is 5.26 Å². The Balaban J connectivity index is 1.65. The second kappa shape index (κ2) is 6.54. The molecule has 1 aliphatic heterocycles. The predicted octanol–water partition coefficient (Wildman–Crippen LogP) is 4.05. The normalized spacial score (nSPS) is 24.4. The van der Waals surface area contributed by atoms with Gasteiger partial charge >= 0.3 is 0 Å². The lowest BCUT2D eigenvalue weighted by molar-refractivity contribution is 0.555. The van der Waals surface area contributed by atoms with Crippen molar-refractivity contribution in [3.63, 3.8) is 0 Å². The summed E-state index contributed by atoms with van der Waals surface area (Å²) in [5.74, 6) is -0.636. The first-order valence-corrected chi connectivity index (χ1v) is 8.96. The molecule has 4 rings (SSSR count). The van der Waals surface area contributed by atoms with Crippen LogP contribution in [0.3, 0.4) is 0 Å². The monoisotopic (exact) mass is 368 g/mol. The highest BCUT2D eigenvalue weighted by molar-refractivity contribution is 8.14. The molecule has 1 aliphatic carbocycles. The van der Waals surface area contributed by atoms with Gasteiger partial charge in [-0.3, -0.25) is 9.98 Å². The van der Waals surface area contributed by atoms with Crippen LogP contribution < -0.4 is 5.73 Å². The van der Waals surface area contributed by atoms with Crippen LogP contribution in [0.15, 0.2) is 41.5 Å². The molecule has 2 heterocycles. The molecule has 0 saturated heterocycles. The maximum atomic E-state index is 14.4. The fourth-order valence-corrected chi connectivity index (χ4v) is 4.20. The van der Waals surface area contributed by atoms with Gasteiger partial charge in [0.25, 0.3) is 0 Å². The second-order valence-corrected chi connectivity index (χ2v) is 7.54. The molecule has 1 aromatic heterocycles. The zero-order chi connectivity index (χ0) is 18.3. The summed E-state index contributed by atoms with van der Waals surface area (Å²) in [6, 6.07) is 9.01. The lowest BCUT2D eigenvalue weighted by atomic mass is 9.99. The Bertz CT molecular complexity index is 962. The molecule has 1 saturated carbocycles. The van der Waals surface area contributed by atoms with Gasteiger partial charge in [0, 0.05) is 17.0 Å². The van der Waals surface area contributed by atoms with E-state index in [4.69, 9.17) is 11.0 Å². The first-order chi connectivity index (χ1) is 12.5. The van der Waals surface area contributed by atoms with E-state index < -0.39 is 5.83 Å². The van der Waals surface area contributed by atoms with Crippen LogP contribution in [0.1, 0.15) is 34.8 Å². The molecule has 2 N–H and O–H groups in total. The summed E-state index contributed by atoms with van der Waals surface area (Å²) in [6.07, 6.45) is 3.57. The van der Waals surface area contributed by atoms with Crippen molar-refractivity contribution in [2.75, 3.05) is 0 Å². The number of aliphatic imine (C=N–C) groups is 1. The Kier molecular flexibility index (Phi) is 4.21. The van der Waals surface area contributed by atoms with Gasteiger partial charge in [-0.1, -0.05) is 17.8 Å². The highest BCUT2D eigenvalue weighted by atomic mass is 32.2. The predicted molar refractivity (Wildman–Crippen MR) is 98.2 cm³/mol. The van der Waals surface area contributed by atoms with Crippen LogP contribution >= 0.6 is 11.8 Å². The Morgan fingerprint density at radius 3 is 2.92 bits per heavy atom. The fraction of sp³-hybridized carbons (Fsp3) is 0.211. The standard InChI is InChI=1S/C19H14F2N4S/c20-14-3-1-10(6-15(21)16-4-2-11(8-22)9-24-16)5-12(14)18-13-7-17(13)26-19(23)25-18/h1-6,9,13,17-18H,7H2,(H2,23,25)/b15-6-. The van der Waals surface area contributed by atoms with Gasteiger partial charge in [0.2, 0.25) is 0 Å². The summed E-state index contributed by atoms with van der Waals surface area (Å²) in [5, 5.41) is 9.64. The minimum absolute atomic E-state index is 0.119. The number of rotatable bonds is 3. The second-order valence-electron chi connectivity index (χ2n) is 6.29. The van der Waals surface area contributed by atoms with E-state index in [-0.39, 0.29) is 23.5 Å². The number of aromatic nitrogens is 1. The number of amidine groups is 1. The molecule has 4 nitrogen and oxygen atoms in total. The smallest absolute Gasteiger partial charge is 0.154 e. The molecule has 2 aliphatic rings. The van der Waals surface area contributed by atoms with Crippen molar-refractivity contribution in [1.82, 2.24) is 4.98 Å². The number of benzene rings is 1. The summed E-state index contributed by atoms with van der Waals surface area (Å²) in [4.78, 5) is 8.32. The SMILES string of the molecule is N#Cc1ccc(/C(F)=C/c2ccc(F)c(C3N=C(N)SC4CC43)c2)nc1. The Morgan fingerprint density at radius 2 is 2.19 bits per heavy atom. The van der Waals surface area contributed by atoms with E-state index in [9.17, 15) is 8.78 Å². The Morgan fingerprint density at radius 1 is 1.35 bits per heavy atom. The maximum Gasteiger partial charge on any atom is 0.154 e. The number of halogens is 2. The van der Waals surface area contributed by atoms with E-state index in [1.165, 1.54) is 48.3 Å². The molecule has 0 radical (unpaired) electrons. The zero-order valence-corrected chi connectivity index (χ0v) is 14.4. The van der Waals surface area contributed by atoms with Crippen LogP contribution in [0.4, 0.5) is 8.78 Å². The van der Waals surface area contributed by atoms with Crippen molar-refractivity contribution < 1.29 is 8.78 Å². The van der Waals surface area contributed by atoms with Crippen LogP contribution in [-0.2, 0) is 0 Å². The molecular formula is C19H14F2N4S. The average Bonchev–Trinajstić information content (AvgIpc) is 3.42. The van der Waals surface area contributed by atoms with Crippen molar-refractivity contribution >= 4 is 28.8 Å². The van der Waals surface area contributed by atoms with Gasteiger partial charge in [-0.15, -0.1) is 0 Å². The van der Waals surface area contributed by atoms with Crippen molar-refractivity contribution in [3.05, 3.63) is 64.7 Å². The van der Waals surface area contributed by atoms with Gasteiger partial charge in [-0.2, -0.15) is 5.26 Å². The fourth-order valence-electron chi connectivity index (χ4n) is 3.08. The molecule has 2 aromatic rings. The van der Waals surface area contributed by atoms with Crippen LogP contribution in [0.25, 0.3) is 11.9 Å². The lowest BCUT2D eigenvalue weighted by Gasteiger charge is -2.19. The van der Waals surface area contributed by atoms with E-state index in [1.807, 2.05) is 6.07 Å². The molecule has 130 valence electrons. The zero-order valence-electron chi connectivity index (χ0n) is 13.6. The minimum Gasteiger partial charge on any atom is -0.379 e. The van der Waals surface area contributed by atoms with Crippen LogP contribution in [-0.4, -0.2) is 15.4 Å². The molecule has 1 fully saturated rings. The molecule has 1 aromatic carbocycles. The Hall–Kier alpha value is -2.72. The highest BCUT2D eigenvalue weighted by Crippen LogP contribution is 2.54. The third kappa shape index (κ3) is 3.20. The summed E-state index contributed by atoms with van der Waals surface area (Å²) in [6.45, 7) is 0. The lowest BCUT2D eigenvalue weighted by Crippen LogP contribution is -2.17. The average molecular weight is 368 g/mol. The van der Waals surface area contributed by atoms with Gasteiger partial charge in [-0.05, 0) is 48.2 Å². The first-order valence-electron chi connectivity index (χ1n) is 8.08. The van der Waals surface area contributed by atoms with Gasteiger partial charge in [0.1, 0.15) is 17.7 Å². The van der Waals surface area contributed by atoms with E-state index in [1.54, 1.807) is 6.07 Å². The quantitative estimate of drug-likeness (QED) is 0.887. The van der Waals surface area contributed by atoms with E-state index in [0.717, 1.165) is 6.42 Å². The van der Waals surface area contributed by atoms with Gasteiger partial charge in [0.15, 0.2) is 5.17 Å². The summed E-state index contributed by atoms with van der Waals surface area (Å²) in [7, 11) is 0. The number of pyridine rings is 1. The van der Waals surface area contributed by atoms with E-state index in [2.05, 4.69) is 9.98 Å². The molecule has 0 spiro atoms. The number of nitrogens with zero attached hydrogens (tertiary/aromatic N) is 3. The summed E-state index contributed by atoms with van der Waals surface area (Å²) < 4.78 is 28.8. The molecule has 26 heavy (non-hydrogen) atoms. The van der Waals surface area contributed by atoms with Crippen molar-refractivity contribution in [2.24, 2.45) is 16.6 Å². The van der Waals surface area contributed by atoms with Gasteiger partial charge < -0.3 is 5.73 Å². The minimum atomic E-state index is -0.557. The molecule has 0 amide bonds. The molecular weight excluding hydrogens is 354 g/mol. The number of hydrogen-bond acceptors (Lipinski definition) is 5. The third-order valence-electron chi connectivity index (χ3n) is 4.49. The topological polar surface area (TPSA) is 75.1 Å². The Labute approximate surface area is 153 Å². The molecule has 7 heteroatoms. The maximum absolute atomic E-state index is 14.4. The third-order valence-corrected chi connectivity index (χ3v) is 5.68. The molecule has 0 bridgehead atoms. The summed E-state index contributed by atoms with van der Waals surface area (Å²) in [5.41, 5.74) is 7.27. The number of thioether (sulfide) groups is 1. The number of fused-ring (bicyclic) bond motifs is 1. The number of nitrogens with two attached hydrogens (primary N) is 1. The van der Waals surface area contributed by atoms with Gasteiger partial charge in [-0.25, -0.2) is 8.78 Å². The largest absolute Gasteiger partial charge is 0.379 e. The van der Waals surface area contributed by atoms with Crippen molar-refractivity contribution in [2.45, 2.75) is 17.7 Å². The van der Waals surface area contributed by atoms with E-state index >= 15 is 0 Å². The molecule has 3 unspecified atom stereocenters. The highest BCUT2D eigenvalue weighted by Gasteiger charge is 2.48. The van der Waals surface area contributed by atoms with Crippen molar-refractivity contribution in [3.8, 4) is 6.07 Å². The van der Waals surface area contributed by atoms with Crippen LogP contribution in [0.5, 0.6) is 0 Å².